The standard InChI is InChI=1S/C16H17NO3/c1-18-14-4-2-3-13(10-14)17-11-12-5-6-15-16(9-12)20-8-7-19-15/h2-6,9-10,17H,7-8,11H2,1H3. The molecule has 0 saturated carbocycles. The van der Waals surface area contributed by atoms with Crippen LogP contribution in [0, 0.1) is 0 Å². The molecule has 0 atom stereocenters. The monoisotopic (exact) mass is 271 g/mol. The van der Waals surface area contributed by atoms with Crippen molar-refractivity contribution in [3.05, 3.63) is 48.0 Å². The lowest BCUT2D eigenvalue weighted by molar-refractivity contribution is 0.171. The van der Waals surface area contributed by atoms with E-state index in [0.29, 0.717) is 13.2 Å². The van der Waals surface area contributed by atoms with E-state index in [2.05, 4.69) is 5.32 Å². The van der Waals surface area contributed by atoms with Crippen LogP contribution in [0.3, 0.4) is 0 Å². The molecule has 0 fully saturated rings. The van der Waals surface area contributed by atoms with Crippen molar-refractivity contribution in [1.29, 1.82) is 0 Å². The molecule has 4 heteroatoms. The van der Waals surface area contributed by atoms with Gasteiger partial charge in [-0.05, 0) is 29.8 Å². The van der Waals surface area contributed by atoms with Crippen LogP contribution in [0.1, 0.15) is 5.56 Å². The Labute approximate surface area is 118 Å². The van der Waals surface area contributed by atoms with Crippen LogP contribution in [0.2, 0.25) is 0 Å². The quantitative estimate of drug-likeness (QED) is 0.927. The van der Waals surface area contributed by atoms with Crippen LogP contribution < -0.4 is 19.5 Å². The first-order valence-electron chi connectivity index (χ1n) is 6.61. The molecule has 2 aromatic carbocycles. The highest BCUT2D eigenvalue weighted by Gasteiger charge is 2.11. The molecule has 0 spiro atoms. The van der Waals surface area contributed by atoms with Gasteiger partial charge in [-0.1, -0.05) is 12.1 Å². The van der Waals surface area contributed by atoms with Gasteiger partial charge in [0.25, 0.3) is 0 Å². The van der Waals surface area contributed by atoms with Gasteiger partial charge in [0.15, 0.2) is 11.5 Å². The minimum absolute atomic E-state index is 0.611. The Hall–Kier alpha value is -2.36. The van der Waals surface area contributed by atoms with Crippen molar-refractivity contribution < 1.29 is 14.2 Å². The van der Waals surface area contributed by atoms with Gasteiger partial charge >= 0.3 is 0 Å². The molecule has 0 radical (unpaired) electrons. The molecule has 0 unspecified atom stereocenters. The third kappa shape index (κ3) is 2.79. The fourth-order valence-corrected chi connectivity index (χ4v) is 2.13. The Balaban J connectivity index is 1.68. The predicted molar refractivity (Wildman–Crippen MR) is 77.8 cm³/mol. The molecule has 0 aliphatic carbocycles. The summed E-state index contributed by atoms with van der Waals surface area (Å²) in [6, 6.07) is 13.9. The van der Waals surface area contributed by atoms with E-state index in [1.165, 1.54) is 0 Å². The number of nitrogens with one attached hydrogen (secondary N) is 1. The zero-order valence-corrected chi connectivity index (χ0v) is 11.4. The highest BCUT2D eigenvalue weighted by atomic mass is 16.6. The summed E-state index contributed by atoms with van der Waals surface area (Å²) in [5.74, 6) is 2.49. The highest BCUT2D eigenvalue weighted by molar-refractivity contribution is 5.50. The molecule has 104 valence electrons. The maximum Gasteiger partial charge on any atom is 0.161 e. The lowest BCUT2D eigenvalue weighted by Gasteiger charge is -2.19. The van der Waals surface area contributed by atoms with Crippen LogP contribution in [0.15, 0.2) is 42.5 Å². The Morgan fingerprint density at radius 2 is 1.90 bits per heavy atom. The van der Waals surface area contributed by atoms with E-state index in [0.717, 1.165) is 35.0 Å². The molecule has 3 rings (SSSR count). The first-order valence-corrected chi connectivity index (χ1v) is 6.61. The third-order valence-corrected chi connectivity index (χ3v) is 3.17. The average molecular weight is 271 g/mol. The molecule has 0 aromatic heterocycles. The maximum atomic E-state index is 5.58. The summed E-state index contributed by atoms with van der Waals surface area (Å²) in [6.07, 6.45) is 0. The van der Waals surface area contributed by atoms with Gasteiger partial charge in [0.05, 0.1) is 7.11 Å². The van der Waals surface area contributed by atoms with Crippen molar-refractivity contribution in [3.8, 4) is 17.2 Å². The van der Waals surface area contributed by atoms with Crippen LogP contribution >= 0.6 is 0 Å². The van der Waals surface area contributed by atoms with Gasteiger partial charge in [0.2, 0.25) is 0 Å². The third-order valence-electron chi connectivity index (χ3n) is 3.17. The van der Waals surface area contributed by atoms with E-state index < -0.39 is 0 Å². The van der Waals surface area contributed by atoms with Gasteiger partial charge in [-0.3, -0.25) is 0 Å². The van der Waals surface area contributed by atoms with Gasteiger partial charge in [-0.15, -0.1) is 0 Å². The minimum Gasteiger partial charge on any atom is -0.497 e. The molecule has 0 amide bonds. The van der Waals surface area contributed by atoms with Gasteiger partial charge < -0.3 is 19.5 Å². The number of fused-ring (bicyclic) bond motifs is 1. The molecular weight excluding hydrogens is 254 g/mol. The summed E-state index contributed by atoms with van der Waals surface area (Å²) in [5, 5.41) is 3.37. The molecule has 1 N–H and O–H groups in total. The van der Waals surface area contributed by atoms with Crippen molar-refractivity contribution in [2.24, 2.45) is 0 Å². The number of anilines is 1. The number of hydrogen-bond donors (Lipinski definition) is 1. The molecule has 1 aliphatic rings. The fourth-order valence-electron chi connectivity index (χ4n) is 2.13. The number of hydrogen-bond acceptors (Lipinski definition) is 4. The van der Waals surface area contributed by atoms with Crippen molar-refractivity contribution in [1.82, 2.24) is 0 Å². The molecule has 20 heavy (non-hydrogen) atoms. The van der Waals surface area contributed by atoms with E-state index >= 15 is 0 Å². The Morgan fingerprint density at radius 3 is 2.75 bits per heavy atom. The Morgan fingerprint density at radius 1 is 1.05 bits per heavy atom. The van der Waals surface area contributed by atoms with Gasteiger partial charge in [-0.25, -0.2) is 0 Å². The minimum atomic E-state index is 0.611. The molecule has 0 bridgehead atoms. The van der Waals surface area contributed by atoms with E-state index in [4.69, 9.17) is 14.2 Å². The number of rotatable bonds is 4. The molecule has 0 saturated heterocycles. The highest BCUT2D eigenvalue weighted by Crippen LogP contribution is 2.31. The molecule has 4 nitrogen and oxygen atoms in total. The van der Waals surface area contributed by atoms with Crippen LogP contribution in [-0.2, 0) is 6.54 Å². The molecule has 1 aliphatic heterocycles. The lowest BCUT2D eigenvalue weighted by Crippen LogP contribution is -2.15. The second-order valence-corrected chi connectivity index (χ2v) is 4.56. The van der Waals surface area contributed by atoms with E-state index in [-0.39, 0.29) is 0 Å². The van der Waals surface area contributed by atoms with Crippen molar-refractivity contribution in [2.45, 2.75) is 6.54 Å². The normalized spacial score (nSPS) is 12.8. The van der Waals surface area contributed by atoms with E-state index in [9.17, 15) is 0 Å². The summed E-state index contributed by atoms with van der Waals surface area (Å²) in [7, 11) is 1.67. The fraction of sp³-hybridized carbons (Fsp3) is 0.250. The van der Waals surface area contributed by atoms with Gasteiger partial charge in [-0.2, -0.15) is 0 Å². The van der Waals surface area contributed by atoms with Crippen LogP contribution in [0.5, 0.6) is 17.2 Å². The summed E-state index contributed by atoms with van der Waals surface area (Å²) in [5.41, 5.74) is 2.18. The smallest absolute Gasteiger partial charge is 0.161 e. The number of methoxy groups -OCH3 is 1. The lowest BCUT2D eigenvalue weighted by atomic mass is 10.2. The van der Waals surface area contributed by atoms with Crippen LogP contribution in [0.4, 0.5) is 5.69 Å². The zero-order valence-electron chi connectivity index (χ0n) is 11.4. The maximum absolute atomic E-state index is 5.58. The second-order valence-electron chi connectivity index (χ2n) is 4.56. The van der Waals surface area contributed by atoms with Crippen LogP contribution in [-0.4, -0.2) is 20.3 Å². The first kappa shape index (κ1) is 12.7. The Bertz CT molecular complexity index is 598. The number of ether oxygens (including phenoxy) is 3. The predicted octanol–water partition coefficient (Wildman–Crippen LogP) is 3.08. The van der Waals surface area contributed by atoms with E-state index in [1.54, 1.807) is 7.11 Å². The SMILES string of the molecule is COc1cccc(NCc2ccc3c(c2)OCCO3)c1. The summed E-state index contributed by atoms with van der Waals surface area (Å²) >= 11 is 0. The molecule has 2 aromatic rings. The van der Waals surface area contributed by atoms with Crippen molar-refractivity contribution in [3.63, 3.8) is 0 Å². The van der Waals surface area contributed by atoms with Gasteiger partial charge in [0, 0.05) is 18.3 Å². The first-order chi connectivity index (χ1) is 9.85. The second kappa shape index (κ2) is 5.74. The largest absolute Gasteiger partial charge is 0.497 e. The van der Waals surface area contributed by atoms with Crippen molar-refractivity contribution in [2.75, 3.05) is 25.6 Å². The summed E-state index contributed by atoms with van der Waals surface area (Å²) < 4.78 is 16.3. The van der Waals surface area contributed by atoms with Gasteiger partial charge in [0.1, 0.15) is 19.0 Å². The topological polar surface area (TPSA) is 39.7 Å². The molecular formula is C16H17NO3. The number of benzene rings is 2. The van der Waals surface area contributed by atoms with Crippen LogP contribution in [0.25, 0.3) is 0 Å². The van der Waals surface area contributed by atoms with Crippen molar-refractivity contribution >= 4 is 5.69 Å². The average Bonchev–Trinajstić information content (AvgIpc) is 2.53. The summed E-state index contributed by atoms with van der Waals surface area (Å²) in [4.78, 5) is 0. The van der Waals surface area contributed by atoms with E-state index in [1.807, 2.05) is 42.5 Å². The molecule has 1 heterocycles. The Kier molecular flexibility index (Phi) is 3.63. The summed E-state index contributed by atoms with van der Waals surface area (Å²) in [6.45, 7) is 1.96. The zero-order chi connectivity index (χ0) is 13.8.